The maximum Gasteiger partial charge on any atom is 0.242 e. The van der Waals surface area contributed by atoms with E-state index in [2.05, 4.69) is 5.32 Å². The first-order valence-electron chi connectivity index (χ1n) is 9.59. The van der Waals surface area contributed by atoms with Crippen LogP contribution in [0, 0.1) is 5.82 Å². The molecular formula is C22H26ClFN2O2S. The van der Waals surface area contributed by atoms with E-state index in [1.807, 2.05) is 32.0 Å². The van der Waals surface area contributed by atoms with E-state index in [0.29, 0.717) is 23.7 Å². The molecule has 0 saturated carbocycles. The Bertz CT molecular complexity index is 817. The zero-order valence-electron chi connectivity index (χ0n) is 16.7. The Labute approximate surface area is 180 Å². The highest BCUT2D eigenvalue weighted by Crippen LogP contribution is 2.21. The van der Waals surface area contributed by atoms with Gasteiger partial charge in [-0.1, -0.05) is 48.9 Å². The molecule has 0 unspecified atom stereocenters. The molecule has 2 amide bonds. The van der Waals surface area contributed by atoms with Crippen molar-refractivity contribution in [1.82, 2.24) is 10.2 Å². The molecule has 7 heteroatoms. The number of hydrogen-bond acceptors (Lipinski definition) is 3. The second kappa shape index (κ2) is 11.8. The van der Waals surface area contributed by atoms with E-state index < -0.39 is 6.04 Å². The summed E-state index contributed by atoms with van der Waals surface area (Å²) in [5.74, 6) is 0.226. The second-order valence-corrected chi connectivity index (χ2v) is 7.94. The SMILES string of the molecule is CCNC(=O)[C@@H](CC)N(Cc1ccccc1Cl)C(=O)CSCc1ccc(F)cc1. The molecule has 156 valence electrons. The van der Waals surface area contributed by atoms with E-state index >= 15 is 0 Å². The minimum absolute atomic E-state index is 0.130. The maximum atomic E-state index is 13.0. The molecule has 0 aromatic heterocycles. The number of amides is 2. The summed E-state index contributed by atoms with van der Waals surface area (Å²) in [6, 6.07) is 13.0. The summed E-state index contributed by atoms with van der Waals surface area (Å²) < 4.78 is 13.0. The quantitative estimate of drug-likeness (QED) is 0.589. The molecule has 4 nitrogen and oxygen atoms in total. The van der Waals surface area contributed by atoms with Gasteiger partial charge in [-0.2, -0.15) is 0 Å². The summed E-state index contributed by atoms with van der Waals surface area (Å²) >= 11 is 7.72. The molecule has 0 heterocycles. The highest BCUT2D eigenvalue weighted by molar-refractivity contribution is 7.99. The van der Waals surface area contributed by atoms with Crippen LogP contribution in [0.5, 0.6) is 0 Å². The summed E-state index contributed by atoms with van der Waals surface area (Å²) in [5.41, 5.74) is 1.74. The Hall–Kier alpha value is -2.05. The van der Waals surface area contributed by atoms with Gasteiger partial charge in [0.25, 0.3) is 0 Å². The van der Waals surface area contributed by atoms with Crippen LogP contribution in [0.4, 0.5) is 4.39 Å². The third-order valence-corrected chi connectivity index (χ3v) is 5.80. The number of carbonyl (C=O) groups is 2. The highest BCUT2D eigenvalue weighted by Gasteiger charge is 2.28. The summed E-state index contributed by atoms with van der Waals surface area (Å²) in [7, 11) is 0. The van der Waals surface area contributed by atoms with Crippen LogP contribution < -0.4 is 5.32 Å². The largest absolute Gasteiger partial charge is 0.355 e. The van der Waals surface area contributed by atoms with Crippen LogP contribution in [0.2, 0.25) is 5.02 Å². The third kappa shape index (κ3) is 7.05. The molecule has 2 aromatic carbocycles. The van der Waals surface area contributed by atoms with Gasteiger partial charge in [-0.15, -0.1) is 11.8 Å². The van der Waals surface area contributed by atoms with Crippen molar-refractivity contribution < 1.29 is 14.0 Å². The van der Waals surface area contributed by atoms with E-state index in [-0.39, 0.29) is 29.9 Å². The molecule has 29 heavy (non-hydrogen) atoms. The third-order valence-electron chi connectivity index (χ3n) is 4.44. The Kier molecular flexibility index (Phi) is 9.48. The van der Waals surface area contributed by atoms with Crippen LogP contribution in [0.15, 0.2) is 48.5 Å². The van der Waals surface area contributed by atoms with Crippen LogP contribution in [0.3, 0.4) is 0 Å². The van der Waals surface area contributed by atoms with Crippen molar-refractivity contribution in [2.75, 3.05) is 12.3 Å². The molecule has 0 aliphatic carbocycles. The van der Waals surface area contributed by atoms with Gasteiger partial charge in [0.1, 0.15) is 11.9 Å². The minimum Gasteiger partial charge on any atom is -0.355 e. The monoisotopic (exact) mass is 436 g/mol. The fraction of sp³-hybridized carbons (Fsp3) is 0.364. The van der Waals surface area contributed by atoms with Gasteiger partial charge in [-0.25, -0.2) is 4.39 Å². The van der Waals surface area contributed by atoms with Crippen molar-refractivity contribution in [1.29, 1.82) is 0 Å². The van der Waals surface area contributed by atoms with E-state index in [4.69, 9.17) is 11.6 Å². The first-order chi connectivity index (χ1) is 14.0. The van der Waals surface area contributed by atoms with Crippen molar-refractivity contribution in [3.05, 3.63) is 70.5 Å². The fourth-order valence-electron chi connectivity index (χ4n) is 2.94. The standard InChI is InChI=1S/C22H26ClFN2O2S/c1-3-20(22(28)25-4-2)26(13-17-7-5-6-8-19(17)23)21(27)15-29-14-16-9-11-18(24)12-10-16/h5-12,20H,3-4,13-15H2,1-2H3,(H,25,28)/t20-/m1/s1. The number of likely N-dealkylation sites (N-methyl/N-ethyl adjacent to an activating group) is 1. The summed E-state index contributed by atoms with van der Waals surface area (Å²) in [6.07, 6.45) is 0.505. The zero-order valence-corrected chi connectivity index (χ0v) is 18.2. The Morgan fingerprint density at radius 2 is 1.83 bits per heavy atom. The van der Waals surface area contributed by atoms with Gasteiger partial charge in [0.15, 0.2) is 0 Å². The lowest BCUT2D eigenvalue weighted by atomic mass is 10.1. The van der Waals surface area contributed by atoms with Crippen molar-refractivity contribution in [3.8, 4) is 0 Å². The van der Waals surface area contributed by atoms with Crippen LogP contribution in [0.25, 0.3) is 0 Å². The zero-order chi connectivity index (χ0) is 21.2. The van der Waals surface area contributed by atoms with Gasteiger partial charge >= 0.3 is 0 Å². The molecule has 2 rings (SSSR count). The average molecular weight is 437 g/mol. The molecule has 0 radical (unpaired) electrons. The Morgan fingerprint density at radius 3 is 2.45 bits per heavy atom. The number of nitrogens with zero attached hydrogens (tertiary/aromatic N) is 1. The molecular weight excluding hydrogens is 411 g/mol. The average Bonchev–Trinajstić information content (AvgIpc) is 2.71. The minimum atomic E-state index is -0.565. The van der Waals surface area contributed by atoms with Gasteiger partial charge in [0, 0.05) is 23.9 Å². The topological polar surface area (TPSA) is 49.4 Å². The first-order valence-corrected chi connectivity index (χ1v) is 11.1. The Balaban J connectivity index is 2.11. The van der Waals surface area contributed by atoms with E-state index in [9.17, 15) is 14.0 Å². The number of thioether (sulfide) groups is 1. The van der Waals surface area contributed by atoms with Crippen LogP contribution in [-0.4, -0.2) is 35.1 Å². The summed E-state index contributed by atoms with van der Waals surface area (Å²) in [6.45, 7) is 4.51. The summed E-state index contributed by atoms with van der Waals surface area (Å²) in [5, 5.41) is 3.38. The van der Waals surface area contributed by atoms with E-state index in [1.165, 1.54) is 23.9 Å². The smallest absolute Gasteiger partial charge is 0.242 e. The lowest BCUT2D eigenvalue weighted by Crippen LogP contribution is -2.49. The maximum absolute atomic E-state index is 13.0. The lowest BCUT2D eigenvalue weighted by molar-refractivity contribution is -0.139. The summed E-state index contributed by atoms with van der Waals surface area (Å²) in [4.78, 5) is 27.2. The van der Waals surface area contributed by atoms with Gasteiger partial charge in [0.05, 0.1) is 5.75 Å². The molecule has 1 N–H and O–H groups in total. The molecule has 2 aromatic rings. The molecule has 0 bridgehead atoms. The number of halogens is 2. The molecule has 0 aliphatic heterocycles. The van der Waals surface area contributed by atoms with Crippen LogP contribution in [-0.2, 0) is 21.9 Å². The molecule has 0 spiro atoms. The first kappa shape index (κ1) is 23.2. The highest BCUT2D eigenvalue weighted by atomic mass is 35.5. The van der Waals surface area contributed by atoms with Gasteiger partial charge in [0.2, 0.25) is 11.8 Å². The predicted octanol–water partition coefficient (Wildman–Crippen LogP) is 4.66. The lowest BCUT2D eigenvalue weighted by Gasteiger charge is -2.30. The van der Waals surface area contributed by atoms with Crippen molar-refractivity contribution >= 4 is 35.2 Å². The number of benzene rings is 2. The molecule has 0 saturated heterocycles. The van der Waals surface area contributed by atoms with Crippen molar-refractivity contribution in [2.45, 2.75) is 38.6 Å². The number of nitrogens with one attached hydrogen (secondary N) is 1. The van der Waals surface area contributed by atoms with E-state index in [1.54, 1.807) is 23.1 Å². The number of rotatable bonds is 10. The predicted molar refractivity (Wildman–Crippen MR) is 117 cm³/mol. The molecule has 0 fully saturated rings. The normalized spacial score (nSPS) is 11.7. The van der Waals surface area contributed by atoms with Gasteiger partial charge in [-0.3, -0.25) is 9.59 Å². The van der Waals surface area contributed by atoms with E-state index in [0.717, 1.165) is 11.1 Å². The molecule has 1 atom stereocenters. The number of carbonyl (C=O) groups excluding carboxylic acids is 2. The van der Waals surface area contributed by atoms with Crippen molar-refractivity contribution in [2.24, 2.45) is 0 Å². The van der Waals surface area contributed by atoms with Gasteiger partial charge in [-0.05, 0) is 42.7 Å². The van der Waals surface area contributed by atoms with Crippen LogP contribution >= 0.6 is 23.4 Å². The fourth-order valence-corrected chi connectivity index (χ4v) is 4.01. The van der Waals surface area contributed by atoms with Crippen LogP contribution in [0.1, 0.15) is 31.4 Å². The number of hydrogen-bond donors (Lipinski definition) is 1. The van der Waals surface area contributed by atoms with Gasteiger partial charge < -0.3 is 10.2 Å². The Morgan fingerprint density at radius 1 is 1.14 bits per heavy atom. The second-order valence-electron chi connectivity index (χ2n) is 6.55. The van der Waals surface area contributed by atoms with Crippen molar-refractivity contribution in [3.63, 3.8) is 0 Å². The molecule has 0 aliphatic rings.